The molecule has 53 valence electrons. The maximum Gasteiger partial charge on any atom is 0.115 e. The molecule has 0 aromatic heterocycles. The SMILES string of the molecule is C=CCOC1=C[CH]CC=C1. The molecule has 1 heteroatoms. The normalized spacial score (nSPS) is 16.2. The van der Waals surface area contributed by atoms with Crippen LogP contribution in [-0.2, 0) is 4.74 Å². The molecule has 0 heterocycles. The van der Waals surface area contributed by atoms with Crippen LogP contribution < -0.4 is 0 Å². The summed E-state index contributed by atoms with van der Waals surface area (Å²) in [6.07, 6.45) is 10.8. The molecule has 1 rings (SSSR count). The quantitative estimate of drug-likeness (QED) is 0.539. The molecule has 0 spiro atoms. The molecule has 0 aromatic carbocycles. The van der Waals surface area contributed by atoms with Crippen molar-refractivity contribution >= 4 is 0 Å². The molecule has 0 saturated carbocycles. The maximum absolute atomic E-state index is 5.26. The second-order valence-corrected chi connectivity index (χ2v) is 2.04. The highest BCUT2D eigenvalue weighted by Gasteiger charge is 1.94. The van der Waals surface area contributed by atoms with Crippen LogP contribution >= 0.6 is 0 Å². The standard InChI is InChI=1S/C9H11O/c1-2-8-10-9-6-4-3-5-7-9/h2,4-7H,1,3,8H2. The molecule has 0 amide bonds. The molecule has 0 aliphatic heterocycles. The Kier molecular flexibility index (Phi) is 2.81. The Morgan fingerprint density at radius 3 is 3.20 bits per heavy atom. The minimum atomic E-state index is 0.587. The van der Waals surface area contributed by atoms with Crippen LogP contribution in [0.15, 0.2) is 36.6 Å². The fourth-order valence-corrected chi connectivity index (χ4v) is 0.754. The van der Waals surface area contributed by atoms with Crippen molar-refractivity contribution in [1.82, 2.24) is 0 Å². The highest BCUT2D eigenvalue weighted by Crippen LogP contribution is 2.09. The van der Waals surface area contributed by atoms with Crippen LogP contribution in [0.3, 0.4) is 0 Å². The van der Waals surface area contributed by atoms with Gasteiger partial charge in [0, 0.05) is 0 Å². The molecule has 0 atom stereocenters. The number of allylic oxidation sites excluding steroid dienone is 3. The van der Waals surface area contributed by atoms with Gasteiger partial charge < -0.3 is 4.74 Å². The lowest BCUT2D eigenvalue weighted by atomic mass is 10.2. The summed E-state index contributed by atoms with van der Waals surface area (Å²) in [5, 5.41) is 0. The Hall–Kier alpha value is -0.980. The molecule has 10 heavy (non-hydrogen) atoms. The van der Waals surface area contributed by atoms with Crippen LogP contribution in [0.1, 0.15) is 6.42 Å². The molecule has 1 nitrogen and oxygen atoms in total. The van der Waals surface area contributed by atoms with E-state index in [0.717, 1.165) is 12.2 Å². The number of ether oxygens (including phenoxy) is 1. The molecule has 0 fully saturated rings. The first-order chi connectivity index (χ1) is 4.93. The van der Waals surface area contributed by atoms with Crippen LogP contribution in [-0.4, -0.2) is 6.61 Å². The Balaban J connectivity index is 2.32. The van der Waals surface area contributed by atoms with Crippen molar-refractivity contribution in [3.8, 4) is 0 Å². The molecule has 1 aliphatic rings. The molecule has 0 saturated heterocycles. The molecule has 0 aromatic rings. The van der Waals surface area contributed by atoms with Crippen molar-refractivity contribution in [3.05, 3.63) is 43.1 Å². The minimum Gasteiger partial charge on any atom is -0.490 e. The van der Waals surface area contributed by atoms with Crippen molar-refractivity contribution in [2.75, 3.05) is 6.61 Å². The Morgan fingerprint density at radius 1 is 1.70 bits per heavy atom. The lowest BCUT2D eigenvalue weighted by Crippen LogP contribution is -1.92. The maximum atomic E-state index is 5.26. The predicted molar refractivity (Wildman–Crippen MR) is 42.3 cm³/mol. The molecule has 0 unspecified atom stereocenters. The highest BCUT2D eigenvalue weighted by molar-refractivity contribution is 5.21. The van der Waals surface area contributed by atoms with Gasteiger partial charge in [-0.3, -0.25) is 0 Å². The Labute approximate surface area is 61.7 Å². The average molecular weight is 135 g/mol. The zero-order valence-electron chi connectivity index (χ0n) is 5.92. The lowest BCUT2D eigenvalue weighted by Gasteiger charge is -2.06. The molecule has 0 bridgehead atoms. The van der Waals surface area contributed by atoms with Crippen molar-refractivity contribution in [3.63, 3.8) is 0 Å². The first kappa shape index (κ1) is 7.13. The third-order valence-electron chi connectivity index (χ3n) is 1.20. The predicted octanol–water partition coefficient (Wildman–Crippen LogP) is 2.24. The van der Waals surface area contributed by atoms with E-state index in [0.29, 0.717) is 6.61 Å². The van der Waals surface area contributed by atoms with E-state index in [1.165, 1.54) is 0 Å². The van der Waals surface area contributed by atoms with Crippen molar-refractivity contribution in [2.45, 2.75) is 6.42 Å². The highest BCUT2D eigenvalue weighted by atomic mass is 16.5. The van der Waals surface area contributed by atoms with Gasteiger partial charge in [-0.2, -0.15) is 0 Å². The summed E-state index contributed by atoms with van der Waals surface area (Å²) in [6.45, 7) is 4.15. The van der Waals surface area contributed by atoms with Gasteiger partial charge in [0.15, 0.2) is 0 Å². The lowest BCUT2D eigenvalue weighted by molar-refractivity contribution is 0.260. The van der Waals surface area contributed by atoms with Gasteiger partial charge in [-0.05, 0) is 25.0 Å². The summed E-state index contributed by atoms with van der Waals surface area (Å²) in [6, 6.07) is 0. The minimum absolute atomic E-state index is 0.587. The van der Waals surface area contributed by atoms with E-state index >= 15 is 0 Å². The van der Waals surface area contributed by atoms with E-state index in [1.807, 2.05) is 12.2 Å². The average Bonchev–Trinajstić information content (AvgIpc) is 2.03. The number of hydrogen-bond acceptors (Lipinski definition) is 1. The summed E-state index contributed by atoms with van der Waals surface area (Å²) in [5.74, 6) is 0.922. The zero-order chi connectivity index (χ0) is 7.23. The second-order valence-electron chi connectivity index (χ2n) is 2.04. The topological polar surface area (TPSA) is 9.23 Å². The summed E-state index contributed by atoms with van der Waals surface area (Å²) < 4.78 is 5.26. The van der Waals surface area contributed by atoms with Crippen molar-refractivity contribution in [2.24, 2.45) is 0 Å². The van der Waals surface area contributed by atoms with E-state index < -0.39 is 0 Å². The van der Waals surface area contributed by atoms with E-state index in [4.69, 9.17) is 4.74 Å². The van der Waals surface area contributed by atoms with Crippen LogP contribution in [0, 0.1) is 6.42 Å². The number of hydrogen-bond donors (Lipinski definition) is 0. The largest absolute Gasteiger partial charge is 0.490 e. The van der Waals surface area contributed by atoms with Crippen LogP contribution in [0.25, 0.3) is 0 Å². The summed E-state index contributed by atoms with van der Waals surface area (Å²) in [5.41, 5.74) is 0. The van der Waals surface area contributed by atoms with E-state index in [-0.39, 0.29) is 0 Å². The Morgan fingerprint density at radius 2 is 2.60 bits per heavy atom. The first-order valence-electron chi connectivity index (χ1n) is 3.37. The van der Waals surface area contributed by atoms with Gasteiger partial charge in [0.05, 0.1) is 0 Å². The van der Waals surface area contributed by atoms with E-state index in [1.54, 1.807) is 6.08 Å². The third kappa shape index (κ3) is 2.09. The number of rotatable bonds is 3. The first-order valence-corrected chi connectivity index (χ1v) is 3.37. The van der Waals surface area contributed by atoms with Crippen molar-refractivity contribution < 1.29 is 4.74 Å². The van der Waals surface area contributed by atoms with Gasteiger partial charge in [-0.1, -0.05) is 18.7 Å². The molecule has 1 radical (unpaired) electrons. The van der Waals surface area contributed by atoms with Gasteiger partial charge in [0.25, 0.3) is 0 Å². The fraction of sp³-hybridized carbons (Fsp3) is 0.222. The molecule has 0 N–H and O–H groups in total. The fourth-order valence-electron chi connectivity index (χ4n) is 0.754. The van der Waals surface area contributed by atoms with Crippen LogP contribution in [0.5, 0.6) is 0 Å². The summed E-state index contributed by atoms with van der Waals surface area (Å²) >= 11 is 0. The second kappa shape index (κ2) is 3.94. The van der Waals surface area contributed by atoms with Crippen molar-refractivity contribution in [1.29, 1.82) is 0 Å². The zero-order valence-corrected chi connectivity index (χ0v) is 5.92. The molecular formula is C9H11O. The van der Waals surface area contributed by atoms with E-state index in [9.17, 15) is 0 Å². The van der Waals surface area contributed by atoms with Crippen LogP contribution in [0.4, 0.5) is 0 Å². The summed E-state index contributed by atoms with van der Waals surface area (Å²) in [7, 11) is 0. The van der Waals surface area contributed by atoms with Crippen LogP contribution in [0.2, 0.25) is 0 Å². The molecule has 1 aliphatic carbocycles. The van der Waals surface area contributed by atoms with E-state index in [2.05, 4.69) is 19.1 Å². The van der Waals surface area contributed by atoms with Gasteiger partial charge in [0.2, 0.25) is 0 Å². The Bertz CT molecular complexity index is 166. The monoisotopic (exact) mass is 135 g/mol. The smallest absolute Gasteiger partial charge is 0.115 e. The van der Waals surface area contributed by atoms with Gasteiger partial charge in [-0.15, -0.1) is 0 Å². The summed E-state index contributed by atoms with van der Waals surface area (Å²) in [4.78, 5) is 0. The van der Waals surface area contributed by atoms with Gasteiger partial charge in [-0.25, -0.2) is 0 Å². The van der Waals surface area contributed by atoms with Gasteiger partial charge in [0.1, 0.15) is 12.4 Å². The third-order valence-corrected chi connectivity index (χ3v) is 1.20. The molecular weight excluding hydrogens is 124 g/mol. The van der Waals surface area contributed by atoms with Gasteiger partial charge >= 0.3 is 0 Å².